The highest BCUT2D eigenvalue weighted by atomic mass is 35.5. The number of aromatic nitrogens is 4. The molecule has 14 heteroatoms. The van der Waals surface area contributed by atoms with Gasteiger partial charge >= 0.3 is 0 Å². The molecule has 1 atom stereocenters. The van der Waals surface area contributed by atoms with E-state index in [-0.39, 0.29) is 21.2 Å². The van der Waals surface area contributed by atoms with Gasteiger partial charge in [0.25, 0.3) is 0 Å². The second kappa shape index (κ2) is 10.4. The molecule has 0 radical (unpaired) electrons. The Morgan fingerprint density at radius 2 is 1.90 bits per heavy atom. The highest BCUT2D eigenvalue weighted by molar-refractivity contribution is 7.90. The molecule has 5 rings (SSSR count). The van der Waals surface area contributed by atoms with E-state index in [4.69, 9.17) is 38.4 Å². The zero-order valence-corrected chi connectivity index (χ0v) is 24.1. The van der Waals surface area contributed by atoms with Crippen LogP contribution in [0.25, 0.3) is 22.2 Å². The summed E-state index contributed by atoms with van der Waals surface area (Å²) in [5, 5.41) is 18.5. The van der Waals surface area contributed by atoms with Crippen LogP contribution in [0.2, 0.25) is 10.0 Å². The van der Waals surface area contributed by atoms with Gasteiger partial charge in [-0.05, 0) is 12.1 Å². The van der Waals surface area contributed by atoms with Gasteiger partial charge in [0, 0.05) is 65.9 Å². The second-order valence-electron chi connectivity index (χ2n) is 10.1. The summed E-state index contributed by atoms with van der Waals surface area (Å²) in [6.45, 7) is 2.88. The normalized spacial score (nSPS) is 15.4. The summed E-state index contributed by atoms with van der Waals surface area (Å²) in [6.07, 6.45) is 4.70. The molecule has 1 aromatic carbocycles. The Kier molecular flexibility index (Phi) is 7.26. The van der Waals surface area contributed by atoms with E-state index in [1.54, 1.807) is 24.4 Å². The van der Waals surface area contributed by atoms with E-state index >= 15 is 0 Å². The fourth-order valence-corrected chi connectivity index (χ4v) is 7.08. The van der Waals surface area contributed by atoms with E-state index in [1.807, 2.05) is 11.8 Å². The number of ether oxygens (including phenoxy) is 2. The van der Waals surface area contributed by atoms with Gasteiger partial charge in [-0.2, -0.15) is 10.4 Å². The molecule has 0 bridgehead atoms. The average molecular weight is 603 g/mol. The van der Waals surface area contributed by atoms with Gasteiger partial charge in [0.05, 0.1) is 34.0 Å². The number of nitrogens with one attached hydrogen (secondary N) is 1. The van der Waals surface area contributed by atoms with E-state index in [1.165, 1.54) is 25.8 Å². The molecule has 0 spiro atoms. The molecule has 1 fully saturated rings. The molecule has 1 aliphatic heterocycles. The van der Waals surface area contributed by atoms with Crippen molar-refractivity contribution in [3.63, 3.8) is 0 Å². The van der Waals surface area contributed by atoms with E-state index in [9.17, 15) is 13.7 Å². The van der Waals surface area contributed by atoms with Crippen LogP contribution in [0.15, 0.2) is 36.8 Å². The second-order valence-corrected chi connectivity index (χ2v) is 13.1. The lowest BCUT2D eigenvalue weighted by atomic mass is 9.84. The number of rotatable bonds is 8. The number of anilines is 1. The monoisotopic (exact) mass is 601 g/mol. The van der Waals surface area contributed by atoms with E-state index in [2.05, 4.69) is 26.2 Å². The molecule has 4 aromatic rings. The van der Waals surface area contributed by atoms with Crippen molar-refractivity contribution in [2.75, 3.05) is 37.1 Å². The summed E-state index contributed by atoms with van der Waals surface area (Å²) in [6, 6.07) is 7.35. The minimum atomic E-state index is -3.12. The number of fused-ring (bicyclic) bond motifs is 1. The Labute approximate surface area is 240 Å². The lowest BCUT2D eigenvalue weighted by Crippen LogP contribution is -2.58. The predicted molar refractivity (Wildman–Crippen MR) is 152 cm³/mol. The number of nitrogens with two attached hydrogens (primary N) is 1. The van der Waals surface area contributed by atoms with Crippen LogP contribution in [0.5, 0.6) is 11.5 Å². The van der Waals surface area contributed by atoms with Crippen molar-refractivity contribution in [3.8, 4) is 28.8 Å². The molecule has 1 saturated heterocycles. The van der Waals surface area contributed by atoms with Gasteiger partial charge in [0.2, 0.25) is 0 Å². The number of nitrogens with zero attached hydrogens (tertiary/aromatic N) is 5. The first-order valence-corrected chi connectivity index (χ1v) is 14.8. The summed E-state index contributed by atoms with van der Waals surface area (Å²) in [7, 11) is -1.62. The number of hydrogen-bond donors (Lipinski definition) is 2. The first-order valence-electron chi connectivity index (χ1n) is 12.0. The van der Waals surface area contributed by atoms with Crippen LogP contribution >= 0.6 is 23.2 Å². The highest BCUT2D eigenvalue weighted by Crippen LogP contribution is 2.40. The Morgan fingerprint density at radius 1 is 1.20 bits per heavy atom. The first-order chi connectivity index (χ1) is 18.9. The fourth-order valence-electron chi connectivity index (χ4n) is 5.06. The minimum absolute atomic E-state index is 0.0762. The van der Waals surface area contributed by atoms with Gasteiger partial charge < -0.3 is 14.4 Å². The molecular formula is C26H25Cl2N7O4S. The summed E-state index contributed by atoms with van der Waals surface area (Å²) in [5.41, 5.74) is 8.44. The van der Waals surface area contributed by atoms with Crippen molar-refractivity contribution >= 4 is 49.8 Å². The number of aromatic amines is 1. The Hall–Kier alpha value is -3.63. The lowest BCUT2D eigenvalue weighted by molar-refractivity contribution is 0.204. The SMILES string of the molecule is COc1cc2[nH]nc(-c3cnc(N4CC(C)(CS(C)(=O)=O)C4)c(C#N)c3)c2cc1O[C@H](N)c1c(Cl)cncc1Cl. The van der Waals surface area contributed by atoms with Crippen molar-refractivity contribution in [3.05, 3.63) is 58.0 Å². The van der Waals surface area contributed by atoms with Crippen LogP contribution in [0.4, 0.5) is 5.82 Å². The topological polar surface area (TPSA) is 160 Å². The maximum absolute atomic E-state index is 11.8. The highest BCUT2D eigenvalue weighted by Gasteiger charge is 2.42. The van der Waals surface area contributed by atoms with Crippen LogP contribution in [-0.4, -0.2) is 60.8 Å². The van der Waals surface area contributed by atoms with Crippen molar-refractivity contribution < 1.29 is 17.9 Å². The van der Waals surface area contributed by atoms with Crippen molar-refractivity contribution in [2.24, 2.45) is 11.1 Å². The Bertz CT molecular complexity index is 1740. The molecule has 11 nitrogen and oxygen atoms in total. The van der Waals surface area contributed by atoms with Crippen LogP contribution in [0.3, 0.4) is 0 Å². The molecule has 1 aliphatic rings. The average Bonchev–Trinajstić information content (AvgIpc) is 3.28. The Balaban J connectivity index is 1.46. The van der Waals surface area contributed by atoms with E-state index in [0.717, 1.165) is 0 Å². The molecule has 0 amide bonds. The zero-order chi connectivity index (χ0) is 28.8. The van der Waals surface area contributed by atoms with E-state index < -0.39 is 16.1 Å². The largest absolute Gasteiger partial charge is 0.493 e. The van der Waals surface area contributed by atoms with Gasteiger partial charge in [-0.25, -0.2) is 13.4 Å². The zero-order valence-electron chi connectivity index (χ0n) is 21.8. The van der Waals surface area contributed by atoms with Gasteiger partial charge in [0.15, 0.2) is 17.7 Å². The lowest BCUT2D eigenvalue weighted by Gasteiger charge is -2.48. The molecule has 208 valence electrons. The fraction of sp³-hybridized carbons (Fsp3) is 0.308. The third-order valence-electron chi connectivity index (χ3n) is 6.59. The number of nitriles is 1. The maximum atomic E-state index is 11.8. The maximum Gasteiger partial charge on any atom is 0.177 e. The summed E-state index contributed by atoms with van der Waals surface area (Å²) >= 11 is 12.5. The smallest absolute Gasteiger partial charge is 0.177 e. The molecule has 3 N–H and O–H groups in total. The van der Waals surface area contributed by atoms with Gasteiger partial charge in [-0.15, -0.1) is 0 Å². The standard InChI is InChI=1S/C26H25Cl2N7O4S/c1-26(13-40(3,36)37)11-35(12-26)25-14(7-29)4-15(8-32-25)23-16-5-21(20(38-2)6-19(16)33-34-23)39-24(30)22-17(27)9-31-10-18(22)28/h4-6,8-10,24H,11-13,30H2,1-3H3,(H,33,34)/t24-/m0/s1. The Morgan fingerprint density at radius 3 is 2.52 bits per heavy atom. The van der Waals surface area contributed by atoms with Crippen molar-refractivity contribution in [1.82, 2.24) is 20.2 Å². The van der Waals surface area contributed by atoms with Crippen molar-refractivity contribution in [1.29, 1.82) is 5.26 Å². The molecule has 0 aliphatic carbocycles. The number of halogens is 2. The summed E-state index contributed by atoms with van der Waals surface area (Å²) in [4.78, 5) is 10.4. The molecule has 3 aromatic heterocycles. The van der Waals surface area contributed by atoms with E-state index in [0.29, 0.717) is 63.7 Å². The molecule has 0 saturated carbocycles. The number of pyridine rings is 2. The summed E-state index contributed by atoms with van der Waals surface area (Å²) in [5.74, 6) is 1.30. The van der Waals surface area contributed by atoms with Gasteiger partial charge in [-0.3, -0.25) is 15.8 Å². The van der Waals surface area contributed by atoms with Crippen LogP contribution in [0.1, 0.15) is 24.3 Å². The molecular weight excluding hydrogens is 577 g/mol. The molecule has 4 heterocycles. The molecule has 40 heavy (non-hydrogen) atoms. The van der Waals surface area contributed by atoms with Gasteiger partial charge in [0.1, 0.15) is 27.4 Å². The number of H-pyrrole nitrogens is 1. The van der Waals surface area contributed by atoms with Crippen LogP contribution in [0, 0.1) is 16.7 Å². The molecule has 0 unspecified atom stereocenters. The minimum Gasteiger partial charge on any atom is -0.493 e. The number of sulfone groups is 1. The first kappa shape index (κ1) is 27.9. The summed E-state index contributed by atoms with van der Waals surface area (Å²) < 4.78 is 35.1. The third kappa shape index (κ3) is 5.38. The number of benzene rings is 1. The van der Waals surface area contributed by atoms with Gasteiger partial charge in [-0.1, -0.05) is 30.1 Å². The number of methoxy groups -OCH3 is 1. The predicted octanol–water partition coefficient (Wildman–Crippen LogP) is 4.11. The third-order valence-corrected chi connectivity index (χ3v) is 8.42. The van der Waals surface area contributed by atoms with Crippen LogP contribution < -0.4 is 20.1 Å². The number of hydrogen-bond acceptors (Lipinski definition) is 10. The van der Waals surface area contributed by atoms with Crippen LogP contribution in [-0.2, 0) is 9.84 Å². The van der Waals surface area contributed by atoms with Crippen molar-refractivity contribution in [2.45, 2.75) is 13.2 Å². The quantitative estimate of drug-likeness (QED) is 0.281.